The minimum atomic E-state index is -0.908. The lowest BCUT2D eigenvalue weighted by atomic mass is 9.99. The highest BCUT2D eigenvalue weighted by molar-refractivity contribution is 6.34. The molecule has 1 aromatic carbocycles. The highest BCUT2D eigenvalue weighted by Gasteiger charge is 2.23. The van der Waals surface area contributed by atoms with Crippen LogP contribution in [0, 0.1) is 0 Å². The number of anilines is 1. The summed E-state index contributed by atoms with van der Waals surface area (Å²) in [5.41, 5.74) is -0.275. The Morgan fingerprint density at radius 2 is 1.95 bits per heavy atom. The fraction of sp³-hybridized carbons (Fsp3) is 0.429. The van der Waals surface area contributed by atoms with Crippen LogP contribution in [-0.2, 0) is 4.79 Å². The van der Waals surface area contributed by atoms with Crippen molar-refractivity contribution in [2.45, 2.75) is 32.2 Å². The molecule has 0 saturated heterocycles. The average molecular weight is 329 g/mol. The second-order valence-electron chi connectivity index (χ2n) is 5.54. The van der Waals surface area contributed by atoms with Crippen molar-refractivity contribution in [3.63, 3.8) is 0 Å². The number of hydrogen-bond acceptors (Lipinski definition) is 4. The van der Waals surface area contributed by atoms with Crippen molar-refractivity contribution in [3.8, 4) is 11.5 Å². The maximum atomic E-state index is 12.0. The Balaban J connectivity index is 1.99. The SMILES string of the molecule is CC(C)(CCC(=O)O)NC(=O)Nc1cc2c(cc1Cl)OCO2. The van der Waals surface area contributed by atoms with E-state index < -0.39 is 17.5 Å². The molecule has 0 saturated carbocycles. The third-order valence-electron chi connectivity index (χ3n) is 3.13. The highest BCUT2D eigenvalue weighted by Crippen LogP contribution is 2.39. The van der Waals surface area contributed by atoms with Crippen LogP contribution in [0.15, 0.2) is 12.1 Å². The molecule has 0 unspecified atom stereocenters. The van der Waals surface area contributed by atoms with Gasteiger partial charge in [-0.25, -0.2) is 4.79 Å². The van der Waals surface area contributed by atoms with Crippen LogP contribution in [0.25, 0.3) is 0 Å². The quantitative estimate of drug-likeness (QED) is 0.772. The fourth-order valence-corrected chi connectivity index (χ4v) is 2.16. The summed E-state index contributed by atoms with van der Waals surface area (Å²) in [6.45, 7) is 3.61. The van der Waals surface area contributed by atoms with Crippen molar-refractivity contribution in [2.24, 2.45) is 0 Å². The monoisotopic (exact) mass is 328 g/mol. The maximum Gasteiger partial charge on any atom is 0.319 e. The number of carbonyl (C=O) groups is 2. The molecule has 0 aliphatic carbocycles. The molecule has 0 spiro atoms. The lowest BCUT2D eigenvalue weighted by molar-refractivity contribution is -0.137. The number of urea groups is 1. The van der Waals surface area contributed by atoms with Gasteiger partial charge in [0.05, 0.1) is 10.7 Å². The summed E-state index contributed by atoms with van der Waals surface area (Å²) in [6, 6.07) is 2.67. The number of amides is 2. The van der Waals surface area contributed by atoms with Crippen molar-refractivity contribution < 1.29 is 24.2 Å². The van der Waals surface area contributed by atoms with E-state index >= 15 is 0 Å². The minimum absolute atomic E-state index is 0.0297. The lowest BCUT2D eigenvalue weighted by Gasteiger charge is -2.25. The molecule has 0 fully saturated rings. The van der Waals surface area contributed by atoms with E-state index in [-0.39, 0.29) is 13.2 Å². The molecule has 1 aromatic rings. The molecule has 120 valence electrons. The van der Waals surface area contributed by atoms with Gasteiger partial charge in [0.25, 0.3) is 0 Å². The summed E-state index contributed by atoms with van der Waals surface area (Å²) in [7, 11) is 0. The maximum absolute atomic E-state index is 12.0. The Kier molecular flexibility index (Phi) is 4.65. The van der Waals surface area contributed by atoms with Gasteiger partial charge in [0.2, 0.25) is 6.79 Å². The van der Waals surface area contributed by atoms with E-state index in [4.69, 9.17) is 26.2 Å². The first-order valence-corrected chi connectivity index (χ1v) is 7.05. The van der Waals surface area contributed by atoms with Crippen LogP contribution >= 0.6 is 11.6 Å². The number of fused-ring (bicyclic) bond motifs is 1. The molecule has 0 atom stereocenters. The van der Waals surface area contributed by atoms with Gasteiger partial charge < -0.3 is 25.2 Å². The van der Waals surface area contributed by atoms with Crippen molar-refractivity contribution >= 4 is 29.3 Å². The number of aliphatic carboxylic acids is 1. The Labute approximate surface area is 132 Å². The number of carbonyl (C=O) groups excluding carboxylic acids is 1. The van der Waals surface area contributed by atoms with Crippen LogP contribution < -0.4 is 20.1 Å². The number of carboxylic acid groups (broad SMARTS) is 1. The van der Waals surface area contributed by atoms with Crippen LogP contribution in [0.2, 0.25) is 5.02 Å². The van der Waals surface area contributed by atoms with Gasteiger partial charge in [0.15, 0.2) is 11.5 Å². The molecule has 1 aliphatic rings. The van der Waals surface area contributed by atoms with Gasteiger partial charge in [-0.3, -0.25) is 4.79 Å². The number of carboxylic acids is 1. The van der Waals surface area contributed by atoms with Crippen LogP contribution in [0.4, 0.5) is 10.5 Å². The Morgan fingerprint density at radius 3 is 2.59 bits per heavy atom. The normalized spacial score (nSPS) is 12.9. The number of ether oxygens (including phenoxy) is 2. The third kappa shape index (κ3) is 4.17. The molecule has 0 radical (unpaired) electrons. The van der Waals surface area contributed by atoms with E-state index in [1.54, 1.807) is 26.0 Å². The first-order chi connectivity index (χ1) is 10.3. The zero-order chi connectivity index (χ0) is 16.3. The van der Waals surface area contributed by atoms with Gasteiger partial charge in [0, 0.05) is 24.1 Å². The summed E-state index contributed by atoms with van der Waals surface area (Å²) in [5.74, 6) is 0.122. The zero-order valence-corrected chi connectivity index (χ0v) is 13.0. The molecule has 7 nitrogen and oxygen atoms in total. The van der Waals surface area contributed by atoms with Gasteiger partial charge in [-0.2, -0.15) is 0 Å². The predicted molar refractivity (Wildman–Crippen MR) is 80.7 cm³/mol. The number of hydrogen-bond donors (Lipinski definition) is 3. The number of halogens is 1. The van der Waals surface area contributed by atoms with Crippen LogP contribution in [-0.4, -0.2) is 29.4 Å². The summed E-state index contributed by atoms with van der Waals surface area (Å²) in [6.07, 6.45) is 0.280. The van der Waals surface area contributed by atoms with E-state index in [9.17, 15) is 9.59 Å². The molecule has 22 heavy (non-hydrogen) atoms. The van der Waals surface area contributed by atoms with Crippen molar-refractivity contribution in [1.82, 2.24) is 5.32 Å². The van der Waals surface area contributed by atoms with Crippen molar-refractivity contribution in [3.05, 3.63) is 17.2 Å². The van der Waals surface area contributed by atoms with Gasteiger partial charge in [-0.1, -0.05) is 11.6 Å². The molecule has 1 aliphatic heterocycles. The largest absolute Gasteiger partial charge is 0.481 e. The molecular weight excluding hydrogens is 312 g/mol. The third-order valence-corrected chi connectivity index (χ3v) is 3.44. The lowest BCUT2D eigenvalue weighted by Crippen LogP contribution is -2.45. The predicted octanol–water partition coefficient (Wildman–Crippen LogP) is 2.83. The summed E-state index contributed by atoms with van der Waals surface area (Å²) >= 11 is 6.07. The molecule has 2 amide bonds. The topological polar surface area (TPSA) is 96.9 Å². The molecule has 1 heterocycles. The van der Waals surface area contributed by atoms with Crippen molar-refractivity contribution in [1.29, 1.82) is 0 Å². The first-order valence-electron chi connectivity index (χ1n) is 6.67. The van der Waals surface area contributed by atoms with Crippen LogP contribution in [0.3, 0.4) is 0 Å². The molecule has 8 heteroatoms. The van der Waals surface area contributed by atoms with E-state index in [2.05, 4.69) is 10.6 Å². The van der Waals surface area contributed by atoms with Crippen LogP contribution in [0.5, 0.6) is 11.5 Å². The van der Waals surface area contributed by atoms with Gasteiger partial charge >= 0.3 is 12.0 Å². The van der Waals surface area contributed by atoms with Crippen LogP contribution in [0.1, 0.15) is 26.7 Å². The Bertz CT molecular complexity index is 603. The smallest absolute Gasteiger partial charge is 0.319 e. The van der Waals surface area contributed by atoms with E-state index in [0.717, 1.165) is 0 Å². The molecular formula is C14H17ClN2O5. The Morgan fingerprint density at radius 1 is 1.32 bits per heavy atom. The van der Waals surface area contributed by atoms with Gasteiger partial charge in [-0.05, 0) is 20.3 Å². The zero-order valence-electron chi connectivity index (χ0n) is 12.2. The molecule has 0 aromatic heterocycles. The summed E-state index contributed by atoms with van der Waals surface area (Å²) in [5, 5.41) is 14.4. The van der Waals surface area contributed by atoms with E-state index in [1.807, 2.05) is 0 Å². The molecule has 2 rings (SSSR count). The average Bonchev–Trinajstić information content (AvgIpc) is 2.83. The number of rotatable bonds is 5. The number of benzene rings is 1. The highest BCUT2D eigenvalue weighted by atomic mass is 35.5. The summed E-state index contributed by atoms with van der Waals surface area (Å²) < 4.78 is 10.4. The number of nitrogens with one attached hydrogen (secondary N) is 2. The first kappa shape index (κ1) is 16.2. The minimum Gasteiger partial charge on any atom is -0.481 e. The van der Waals surface area contributed by atoms with Gasteiger partial charge in [-0.15, -0.1) is 0 Å². The standard InChI is InChI=1S/C14H17ClN2O5/c1-14(2,4-3-12(18)19)17-13(20)16-9-6-11-10(5-8(9)15)21-7-22-11/h5-6H,3-4,7H2,1-2H3,(H,18,19)(H2,16,17,20). The molecule has 0 bridgehead atoms. The molecule has 3 N–H and O–H groups in total. The summed E-state index contributed by atoms with van der Waals surface area (Å²) in [4.78, 5) is 22.6. The Hall–Kier alpha value is -2.15. The van der Waals surface area contributed by atoms with Crippen molar-refractivity contribution in [2.75, 3.05) is 12.1 Å². The van der Waals surface area contributed by atoms with E-state index in [1.165, 1.54) is 0 Å². The van der Waals surface area contributed by atoms with Gasteiger partial charge in [0.1, 0.15) is 0 Å². The van der Waals surface area contributed by atoms with E-state index in [0.29, 0.717) is 28.6 Å². The fourth-order valence-electron chi connectivity index (χ4n) is 1.96. The second kappa shape index (κ2) is 6.31. The second-order valence-corrected chi connectivity index (χ2v) is 5.95.